The summed E-state index contributed by atoms with van der Waals surface area (Å²) < 4.78 is 23.6. The standard InChI is InChI=1S/C21H24FNO4S/c1-3-13-5-10-16-17(11-13)28-20(19(16)21(25)26-4-2)23-18(24)12-27-15-8-6-14(22)7-9-15/h6-9,13H,3-5,10-12H2,1-2H3,(H,23,24)/t13-/m1/s1. The summed E-state index contributed by atoms with van der Waals surface area (Å²) in [5.74, 6) is -0.138. The molecule has 0 radical (unpaired) electrons. The molecule has 1 aromatic carbocycles. The molecule has 0 fully saturated rings. The number of benzene rings is 1. The lowest BCUT2D eigenvalue weighted by atomic mass is 9.85. The summed E-state index contributed by atoms with van der Waals surface area (Å²) in [7, 11) is 0. The van der Waals surface area contributed by atoms with Crippen molar-refractivity contribution in [2.75, 3.05) is 18.5 Å². The molecule has 1 aliphatic carbocycles. The van der Waals surface area contributed by atoms with Gasteiger partial charge in [-0.05, 0) is 61.9 Å². The molecule has 0 bridgehead atoms. The summed E-state index contributed by atoms with van der Waals surface area (Å²) in [6.07, 6.45) is 3.87. The van der Waals surface area contributed by atoms with Gasteiger partial charge in [0.05, 0.1) is 12.2 Å². The van der Waals surface area contributed by atoms with Crippen LogP contribution in [-0.4, -0.2) is 25.1 Å². The van der Waals surface area contributed by atoms with E-state index >= 15 is 0 Å². The van der Waals surface area contributed by atoms with Crippen LogP contribution in [0.1, 0.15) is 47.5 Å². The molecule has 1 atom stereocenters. The minimum absolute atomic E-state index is 0.228. The fourth-order valence-corrected chi connectivity index (χ4v) is 4.72. The van der Waals surface area contributed by atoms with E-state index in [1.54, 1.807) is 6.92 Å². The average Bonchev–Trinajstić information content (AvgIpc) is 3.04. The topological polar surface area (TPSA) is 64.6 Å². The van der Waals surface area contributed by atoms with Gasteiger partial charge in [-0.2, -0.15) is 0 Å². The molecule has 0 spiro atoms. The number of rotatable bonds is 7. The number of hydrogen-bond acceptors (Lipinski definition) is 5. The van der Waals surface area contributed by atoms with Crippen LogP contribution in [0, 0.1) is 11.7 Å². The maximum absolute atomic E-state index is 12.9. The van der Waals surface area contributed by atoms with E-state index in [9.17, 15) is 14.0 Å². The molecular formula is C21H24FNO4S. The Balaban J connectivity index is 1.74. The molecule has 150 valence electrons. The molecule has 1 N–H and O–H groups in total. The molecule has 0 aliphatic heterocycles. The minimum atomic E-state index is -0.398. The highest BCUT2D eigenvalue weighted by molar-refractivity contribution is 7.17. The van der Waals surface area contributed by atoms with Crippen LogP contribution in [-0.2, 0) is 22.4 Å². The van der Waals surface area contributed by atoms with Gasteiger partial charge in [0.1, 0.15) is 16.6 Å². The van der Waals surface area contributed by atoms with Crippen LogP contribution >= 0.6 is 11.3 Å². The Labute approximate surface area is 167 Å². The SMILES string of the molecule is CCOC(=O)c1c(NC(=O)COc2ccc(F)cc2)sc2c1CC[C@@H](CC)C2. The lowest BCUT2D eigenvalue weighted by Gasteiger charge is -2.20. The zero-order chi connectivity index (χ0) is 20.1. The summed E-state index contributed by atoms with van der Waals surface area (Å²) in [6.45, 7) is 3.99. The van der Waals surface area contributed by atoms with Crippen LogP contribution in [0.5, 0.6) is 5.75 Å². The lowest BCUT2D eigenvalue weighted by molar-refractivity contribution is -0.118. The summed E-state index contributed by atoms with van der Waals surface area (Å²) in [6, 6.07) is 5.45. The van der Waals surface area contributed by atoms with E-state index in [-0.39, 0.29) is 24.9 Å². The first-order chi connectivity index (χ1) is 13.5. The van der Waals surface area contributed by atoms with Crippen molar-refractivity contribution in [3.8, 4) is 5.75 Å². The van der Waals surface area contributed by atoms with Gasteiger partial charge >= 0.3 is 5.97 Å². The summed E-state index contributed by atoms with van der Waals surface area (Å²) in [4.78, 5) is 26.0. The Kier molecular flexibility index (Phi) is 6.67. The van der Waals surface area contributed by atoms with Crippen molar-refractivity contribution in [1.82, 2.24) is 0 Å². The van der Waals surface area contributed by atoms with Gasteiger partial charge < -0.3 is 14.8 Å². The highest BCUT2D eigenvalue weighted by Gasteiger charge is 2.29. The molecule has 7 heteroatoms. The Hall–Kier alpha value is -2.41. The number of thiophene rings is 1. The van der Waals surface area contributed by atoms with E-state index in [1.165, 1.54) is 35.6 Å². The Morgan fingerprint density at radius 1 is 1.25 bits per heavy atom. The molecule has 3 rings (SSSR count). The number of nitrogens with one attached hydrogen (secondary N) is 1. The van der Waals surface area contributed by atoms with E-state index in [4.69, 9.17) is 9.47 Å². The highest BCUT2D eigenvalue weighted by Crippen LogP contribution is 2.40. The van der Waals surface area contributed by atoms with Crippen molar-refractivity contribution >= 4 is 28.2 Å². The van der Waals surface area contributed by atoms with Crippen LogP contribution in [0.15, 0.2) is 24.3 Å². The van der Waals surface area contributed by atoms with E-state index in [0.29, 0.717) is 22.2 Å². The number of carbonyl (C=O) groups excluding carboxylic acids is 2. The lowest BCUT2D eigenvalue weighted by Crippen LogP contribution is -2.21. The Morgan fingerprint density at radius 2 is 2.00 bits per heavy atom. The molecule has 2 aromatic rings. The van der Waals surface area contributed by atoms with Gasteiger partial charge in [0, 0.05) is 4.88 Å². The predicted octanol–water partition coefficient (Wildman–Crippen LogP) is 4.60. The number of hydrogen-bond donors (Lipinski definition) is 1. The van der Waals surface area contributed by atoms with Crippen molar-refractivity contribution in [2.45, 2.75) is 39.5 Å². The van der Waals surface area contributed by atoms with Gasteiger partial charge in [-0.25, -0.2) is 9.18 Å². The third kappa shape index (κ3) is 4.70. The van der Waals surface area contributed by atoms with E-state index < -0.39 is 5.97 Å². The van der Waals surface area contributed by atoms with Gasteiger partial charge in [-0.1, -0.05) is 13.3 Å². The second-order valence-corrected chi connectivity index (χ2v) is 7.84. The fourth-order valence-electron chi connectivity index (χ4n) is 3.35. The minimum Gasteiger partial charge on any atom is -0.484 e. The zero-order valence-corrected chi connectivity index (χ0v) is 16.9. The number of esters is 1. The smallest absolute Gasteiger partial charge is 0.341 e. The number of amides is 1. The molecule has 28 heavy (non-hydrogen) atoms. The fraction of sp³-hybridized carbons (Fsp3) is 0.429. The van der Waals surface area contributed by atoms with Gasteiger partial charge in [0.2, 0.25) is 0 Å². The predicted molar refractivity (Wildman–Crippen MR) is 107 cm³/mol. The van der Waals surface area contributed by atoms with Gasteiger partial charge in [0.15, 0.2) is 6.61 Å². The normalized spacial score (nSPS) is 15.6. The maximum Gasteiger partial charge on any atom is 0.341 e. The van der Waals surface area contributed by atoms with Crippen LogP contribution in [0.3, 0.4) is 0 Å². The summed E-state index contributed by atoms with van der Waals surface area (Å²) in [5.41, 5.74) is 1.48. The van der Waals surface area contributed by atoms with Crippen molar-refractivity contribution in [1.29, 1.82) is 0 Å². The van der Waals surface area contributed by atoms with E-state index in [0.717, 1.165) is 36.1 Å². The quantitative estimate of drug-likeness (QED) is 0.684. The molecule has 0 unspecified atom stereocenters. The molecular weight excluding hydrogens is 381 g/mol. The summed E-state index contributed by atoms with van der Waals surface area (Å²) >= 11 is 1.45. The molecule has 1 aromatic heterocycles. The second kappa shape index (κ2) is 9.19. The monoisotopic (exact) mass is 405 g/mol. The Bertz CT molecular complexity index is 847. The number of carbonyl (C=O) groups is 2. The number of fused-ring (bicyclic) bond motifs is 1. The first kappa shape index (κ1) is 20.3. The van der Waals surface area contributed by atoms with Crippen molar-refractivity contribution in [3.63, 3.8) is 0 Å². The third-order valence-corrected chi connectivity index (χ3v) is 6.03. The van der Waals surface area contributed by atoms with Crippen LogP contribution in [0.4, 0.5) is 9.39 Å². The van der Waals surface area contributed by atoms with E-state index in [1.807, 2.05) is 0 Å². The molecule has 1 amide bonds. The molecule has 1 aliphatic rings. The Morgan fingerprint density at radius 3 is 2.68 bits per heavy atom. The van der Waals surface area contributed by atoms with Crippen LogP contribution in [0.25, 0.3) is 0 Å². The zero-order valence-electron chi connectivity index (χ0n) is 16.0. The van der Waals surface area contributed by atoms with Gasteiger partial charge in [-0.15, -0.1) is 11.3 Å². The van der Waals surface area contributed by atoms with Crippen molar-refractivity contribution in [3.05, 3.63) is 46.1 Å². The third-order valence-electron chi connectivity index (χ3n) is 4.86. The van der Waals surface area contributed by atoms with Crippen molar-refractivity contribution in [2.24, 2.45) is 5.92 Å². The second-order valence-electron chi connectivity index (χ2n) is 6.74. The van der Waals surface area contributed by atoms with Crippen LogP contribution < -0.4 is 10.1 Å². The molecule has 0 saturated heterocycles. The number of anilines is 1. The molecule has 1 heterocycles. The van der Waals surface area contributed by atoms with Gasteiger partial charge in [0.25, 0.3) is 5.91 Å². The first-order valence-electron chi connectivity index (χ1n) is 9.51. The molecule has 0 saturated carbocycles. The average molecular weight is 405 g/mol. The molecule has 5 nitrogen and oxygen atoms in total. The van der Waals surface area contributed by atoms with Crippen LogP contribution in [0.2, 0.25) is 0 Å². The first-order valence-corrected chi connectivity index (χ1v) is 10.3. The highest BCUT2D eigenvalue weighted by atomic mass is 32.1. The van der Waals surface area contributed by atoms with Gasteiger partial charge in [-0.3, -0.25) is 4.79 Å². The van der Waals surface area contributed by atoms with Crippen molar-refractivity contribution < 1.29 is 23.5 Å². The summed E-state index contributed by atoms with van der Waals surface area (Å²) in [5, 5.41) is 3.32. The largest absolute Gasteiger partial charge is 0.484 e. The number of ether oxygens (including phenoxy) is 2. The van der Waals surface area contributed by atoms with E-state index in [2.05, 4.69) is 12.2 Å². The maximum atomic E-state index is 12.9. The number of halogens is 1.